The van der Waals surface area contributed by atoms with Gasteiger partial charge in [0.05, 0.1) is 11.1 Å². The third-order valence-electron chi connectivity index (χ3n) is 9.31. The predicted molar refractivity (Wildman–Crippen MR) is 175 cm³/mol. The van der Waals surface area contributed by atoms with Crippen LogP contribution in [-0.4, -0.2) is 39.7 Å². The molecule has 2 aromatic carbocycles. The van der Waals surface area contributed by atoms with E-state index in [0.29, 0.717) is 12.1 Å². The number of aryl methyl sites for hydroxylation is 2. The Morgan fingerprint density at radius 2 is 1.23 bits per heavy atom. The number of benzene rings is 2. The van der Waals surface area contributed by atoms with E-state index in [1.165, 1.54) is 71.9 Å². The smallest absolute Gasteiger partial charge is 0 e. The van der Waals surface area contributed by atoms with E-state index in [0.717, 1.165) is 24.3 Å². The van der Waals surface area contributed by atoms with Crippen LogP contribution in [0.15, 0.2) is 24.3 Å². The van der Waals surface area contributed by atoms with Crippen molar-refractivity contribution < 1.29 is 54.0 Å². The topological polar surface area (TPSA) is 104 Å². The van der Waals surface area contributed by atoms with Crippen molar-refractivity contribution in [1.82, 2.24) is 0 Å². The second-order valence-electron chi connectivity index (χ2n) is 14.5. The summed E-state index contributed by atoms with van der Waals surface area (Å²) in [7, 11) is 0. The summed E-state index contributed by atoms with van der Waals surface area (Å²) in [6.07, 6.45) is 14.5. The van der Waals surface area contributed by atoms with Crippen LogP contribution >= 0.6 is 0 Å². The molecule has 48 heavy (non-hydrogen) atoms. The minimum absolute atomic E-state index is 0. The summed E-state index contributed by atoms with van der Waals surface area (Å²) < 4.78 is 49.3. The SMILES string of the molecule is CCCCCc1cc(C)c2c(c1)C=[N+]1C3CCCCC3[N+]3=Cc4cc(C(C)(C)C)cc(C(C)(C)C)c4OC13O2.[C-]#[O+].[C-]#[O+].[C-]#[O+].[C-]#[O+].[Co]. The molecule has 3 heterocycles. The molecule has 4 aliphatic rings. The summed E-state index contributed by atoms with van der Waals surface area (Å²) >= 11 is 0. The van der Waals surface area contributed by atoms with Gasteiger partial charge >= 0.3 is 51.2 Å². The Balaban J connectivity index is 0.00000119. The van der Waals surface area contributed by atoms with E-state index in [2.05, 4.69) is 128 Å². The van der Waals surface area contributed by atoms with Crippen molar-refractivity contribution in [3.63, 3.8) is 0 Å². The van der Waals surface area contributed by atoms with Crippen LogP contribution in [0, 0.1) is 33.5 Å². The first-order valence-electron chi connectivity index (χ1n) is 16.2. The van der Waals surface area contributed by atoms with Gasteiger partial charge in [-0.1, -0.05) is 82.6 Å². The first-order chi connectivity index (χ1) is 22.4. The molecule has 257 valence electrons. The predicted octanol–water partition coefficient (Wildman–Crippen LogP) is 7.45. The molecule has 1 spiro atoms. The fraction of sp³-hybridized carbons (Fsp3) is 0.538. The van der Waals surface area contributed by atoms with Crippen LogP contribution in [0.1, 0.15) is 127 Å². The van der Waals surface area contributed by atoms with Gasteiger partial charge < -0.3 is 9.47 Å². The molecule has 3 unspecified atom stereocenters. The number of ether oxygens (including phenoxy) is 2. The zero-order valence-electron chi connectivity index (χ0n) is 29.5. The van der Waals surface area contributed by atoms with Crippen LogP contribution in [0.5, 0.6) is 11.5 Å². The monoisotopic (exact) mass is 699 g/mol. The van der Waals surface area contributed by atoms with Crippen molar-refractivity contribution in [2.75, 3.05) is 0 Å². The molecule has 0 N–H and O–H groups in total. The normalized spacial score (nSPS) is 20.7. The quantitative estimate of drug-likeness (QED) is 0.143. The van der Waals surface area contributed by atoms with E-state index in [4.69, 9.17) is 28.1 Å². The summed E-state index contributed by atoms with van der Waals surface area (Å²) in [6, 6.07) is 9.20. The maximum absolute atomic E-state index is 7.50. The number of nitrogens with zero attached hydrogens (tertiary/aromatic N) is 2. The standard InChI is InChI=1S/C35H48N2O2.4CO.Co/c1-9-10-11-14-24-17-23(2)31-25(18-24)21-36-29-15-12-13-16-30(29)37-22-26-19-27(33(3,4)5)20-28(34(6,7)8)32(26)39-35(36,37)38-31;4*1-2;/h17-22,29-30H,9-16H2,1-8H3;;;;;/q+2;;;;;. The van der Waals surface area contributed by atoms with Gasteiger partial charge in [-0.05, 0) is 72.3 Å². The summed E-state index contributed by atoms with van der Waals surface area (Å²) in [5, 5.41) is 0. The Morgan fingerprint density at radius 1 is 0.729 bits per heavy atom. The fourth-order valence-corrected chi connectivity index (χ4v) is 7.13. The maximum atomic E-state index is 7.50. The third kappa shape index (κ3) is 8.34. The van der Waals surface area contributed by atoms with Crippen LogP contribution in [0.4, 0.5) is 0 Å². The molecule has 9 heteroatoms. The minimum atomic E-state index is -0.975. The molecule has 0 bridgehead atoms. The van der Waals surface area contributed by atoms with Crippen molar-refractivity contribution in [1.29, 1.82) is 0 Å². The molecule has 3 aliphatic heterocycles. The molecule has 0 aromatic heterocycles. The van der Waals surface area contributed by atoms with Crippen molar-refractivity contribution in [2.45, 2.75) is 136 Å². The average Bonchev–Trinajstić information content (AvgIpc) is 3.34. The summed E-state index contributed by atoms with van der Waals surface area (Å²) in [5.41, 5.74) is 7.60. The number of rotatable bonds is 4. The Bertz CT molecular complexity index is 1550. The zero-order chi connectivity index (χ0) is 35.7. The third-order valence-corrected chi connectivity index (χ3v) is 9.31. The molecule has 2 aromatic rings. The second-order valence-corrected chi connectivity index (χ2v) is 14.5. The summed E-state index contributed by atoms with van der Waals surface area (Å²) in [5.74, 6) is 1.94. The summed E-state index contributed by atoms with van der Waals surface area (Å²) in [4.78, 5) is 0. The van der Waals surface area contributed by atoms with Crippen LogP contribution in [-0.2, 0) is 52.6 Å². The summed E-state index contributed by atoms with van der Waals surface area (Å²) in [6.45, 7) is 36.3. The van der Waals surface area contributed by atoms with E-state index < -0.39 is 6.03 Å². The van der Waals surface area contributed by atoms with Gasteiger partial charge in [-0.3, -0.25) is 0 Å². The zero-order valence-corrected chi connectivity index (χ0v) is 30.5. The van der Waals surface area contributed by atoms with E-state index in [1.807, 2.05) is 0 Å². The van der Waals surface area contributed by atoms with Crippen molar-refractivity contribution >= 4 is 12.4 Å². The number of fused-ring (bicyclic) bond motifs is 5. The van der Waals surface area contributed by atoms with E-state index in [-0.39, 0.29) is 27.6 Å². The van der Waals surface area contributed by atoms with Crippen LogP contribution in [0.3, 0.4) is 0 Å². The van der Waals surface area contributed by atoms with Gasteiger partial charge in [-0.15, -0.1) is 0 Å². The van der Waals surface area contributed by atoms with Gasteiger partial charge in [0, 0.05) is 35.2 Å². The van der Waals surface area contributed by atoms with Crippen LogP contribution in [0.25, 0.3) is 0 Å². The molecule has 2 fully saturated rings. The Morgan fingerprint density at radius 3 is 1.71 bits per heavy atom. The first kappa shape index (κ1) is 42.9. The van der Waals surface area contributed by atoms with Gasteiger partial charge in [-0.2, -0.15) is 0 Å². The average molecular weight is 700 g/mol. The minimum Gasteiger partial charge on any atom is 0 e. The fourth-order valence-electron chi connectivity index (χ4n) is 7.13. The molecule has 1 saturated heterocycles. The Labute approximate surface area is 297 Å². The van der Waals surface area contributed by atoms with Crippen LogP contribution < -0.4 is 9.47 Å². The second kappa shape index (κ2) is 18.0. The van der Waals surface area contributed by atoms with Gasteiger partial charge in [0.25, 0.3) is 0 Å². The first-order valence-corrected chi connectivity index (χ1v) is 16.2. The molecule has 1 saturated carbocycles. The van der Waals surface area contributed by atoms with E-state index in [9.17, 15) is 0 Å². The molecule has 0 amide bonds. The maximum Gasteiger partial charge on any atom is 0 e. The number of hydrogen-bond donors (Lipinski definition) is 0. The van der Waals surface area contributed by atoms with Crippen molar-refractivity contribution in [3.05, 3.63) is 84.2 Å². The number of unbranched alkanes of at least 4 members (excludes halogenated alkanes) is 2. The molecular formula is C39H48CoN2O6+2. The van der Waals surface area contributed by atoms with Gasteiger partial charge in [0.15, 0.2) is 23.9 Å². The van der Waals surface area contributed by atoms with E-state index in [1.54, 1.807) is 0 Å². The molecule has 8 nitrogen and oxygen atoms in total. The number of hydrogen-bond acceptors (Lipinski definition) is 2. The van der Waals surface area contributed by atoms with Gasteiger partial charge in [0.2, 0.25) is 12.1 Å². The van der Waals surface area contributed by atoms with E-state index >= 15 is 0 Å². The van der Waals surface area contributed by atoms with Crippen molar-refractivity contribution in [3.8, 4) is 11.5 Å². The van der Waals surface area contributed by atoms with Crippen LogP contribution in [0.2, 0.25) is 0 Å². The Hall–Kier alpha value is -3.15. The molecule has 3 atom stereocenters. The van der Waals surface area contributed by atoms with Gasteiger partial charge in [-0.25, -0.2) is 0 Å². The molecular weight excluding hydrogens is 651 g/mol. The largest absolute Gasteiger partial charge is 0 e. The molecule has 6 rings (SSSR count). The molecule has 1 aliphatic carbocycles. The Kier molecular flexibility index (Phi) is 16.1. The molecule has 1 radical (unpaired) electrons. The van der Waals surface area contributed by atoms with Gasteiger partial charge in [0.1, 0.15) is 0 Å². The van der Waals surface area contributed by atoms with Crippen molar-refractivity contribution in [2.24, 2.45) is 0 Å².